The highest BCUT2D eigenvalue weighted by molar-refractivity contribution is 5.83. The Labute approximate surface area is 151 Å². The van der Waals surface area contributed by atoms with Crippen LogP contribution in [-0.2, 0) is 9.59 Å². The van der Waals surface area contributed by atoms with Crippen molar-refractivity contribution in [3.63, 3.8) is 0 Å². The largest absolute Gasteiger partial charge is 0.480 e. The number of rotatable bonds is 6. The van der Waals surface area contributed by atoms with Crippen molar-refractivity contribution in [2.75, 3.05) is 26.2 Å². The highest BCUT2D eigenvalue weighted by Crippen LogP contribution is 2.49. The third-order valence-corrected chi connectivity index (χ3v) is 5.51. The number of nitrogens with zero attached hydrogens (tertiary/aromatic N) is 2. The fraction of sp³-hybridized carbons (Fsp3) is 0.579. The average Bonchev–Trinajstić information content (AvgIpc) is 3.39. The van der Waals surface area contributed by atoms with Crippen molar-refractivity contribution in [1.29, 1.82) is 0 Å². The van der Waals surface area contributed by atoms with Gasteiger partial charge in [-0.2, -0.15) is 0 Å². The minimum Gasteiger partial charge on any atom is -0.480 e. The summed E-state index contributed by atoms with van der Waals surface area (Å²) in [4.78, 5) is 27.3. The summed E-state index contributed by atoms with van der Waals surface area (Å²) in [5.41, 5.74) is 0.415. The number of likely N-dealkylation sites (tertiary alicyclic amines) is 1. The molecular weight excluding hydrogens is 342 g/mol. The third-order valence-electron chi connectivity index (χ3n) is 5.51. The minimum absolute atomic E-state index is 0.0175. The number of amides is 1. The molecule has 1 saturated heterocycles. The van der Waals surface area contributed by atoms with Crippen LogP contribution in [0.2, 0.25) is 0 Å². The summed E-state index contributed by atoms with van der Waals surface area (Å²) in [5, 5.41) is 8.98. The normalized spacial score (nSPS) is 23.3. The Morgan fingerprint density at radius 2 is 1.96 bits per heavy atom. The summed E-state index contributed by atoms with van der Waals surface area (Å²) in [6.45, 7) is 3.80. The molecule has 2 aliphatic rings. The van der Waals surface area contributed by atoms with E-state index in [0.29, 0.717) is 31.6 Å². The fourth-order valence-corrected chi connectivity index (χ4v) is 3.97. The van der Waals surface area contributed by atoms with Gasteiger partial charge in [0.05, 0.1) is 6.54 Å². The molecule has 1 heterocycles. The molecule has 5 nitrogen and oxygen atoms in total. The molecule has 0 bridgehead atoms. The molecule has 2 atom stereocenters. The summed E-state index contributed by atoms with van der Waals surface area (Å²) < 4.78 is 26.9. The summed E-state index contributed by atoms with van der Waals surface area (Å²) in [6.07, 6.45) is 2.09. The fourth-order valence-electron chi connectivity index (χ4n) is 3.97. The van der Waals surface area contributed by atoms with E-state index in [1.807, 2.05) is 11.8 Å². The maximum atomic E-state index is 13.9. The van der Waals surface area contributed by atoms with E-state index >= 15 is 0 Å². The van der Waals surface area contributed by atoms with Crippen molar-refractivity contribution in [2.24, 2.45) is 5.92 Å². The monoisotopic (exact) mass is 366 g/mol. The van der Waals surface area contributed by atoms with E-state index in [4.69, 9.17) is 5.11 Å². The predicted molar refractivity (Wildman–Crippen MR) is 91.7 cm³/mol. The molecule has 0 radical (unpaired) electrons. The van der Waals surface area contributed by atoms with Crippen molar-refractivity contribution < 1.29 is 23.5 Å². The van der Waals surface area contributed by atoms with Crippen LogP contribution < -0.4 is 0 Å². The van der Waals surface area contributed by atoms with E-state index in [1.165, 1.54) is 12.1 Å². The van der Waals surface area contributed by atoms with Gasteiger partial charge in [0.1, 0.15) is 11.6 Å². The molecule has 0 spiro atoms. The van der Waals surface area contributed by atoms with Crippen LogP contribution >= 0.6 is 0 Å². The Kier molecular flexibility index (Phi) is 5.55. The summed E-state index contributed by atoms with van der Waals surface area (Å²) in [7, 11) is 0. The number of halogens is 2. The maximum Gasteiger partial charge on any atom is 0.317 e. The first-order valence-corrected chi connectivity index (χ1v) is 9.10. The van der Waals surface area contributed by atoms with Crippen molar-refractivity contribution in [1.82, 2.24) is 9.80 Å². The van der Waals surface area contributed by atoms with Crippen LogP contribution in [0.15, 0.2) is 18.2 Å². The van der Waals surface area contributed by atoms with Crippen molar-refractivity contribution in [2.45, 2.75) is 38.1 Å². The topological polar surface area (TPSA) is 60.9 Å². The molecule has 1 amide bonds. The lowest BCUT2D eigenvalue weighted by atomic mass is 10.0. The van der Waals surface area contributed by atoms with Gasteiger partial charge in [0.2, 0.25) is 5.91 Å². The Morgan fingerprint density at radius 3 is 2.54 bits per heavy atom. The van der Waals surface area contributed by atoms with Gasteiger partial charge in [0, 0.05) is 31.1 Å². The van der Waals surface area contributed by atoms with Crippen LogP contribution in [0.3, 0.4) is 0 Å². The molecule has 1 aliphatic carbocycles. The summed E-state index contributed by atoms with van der Waals surface area (Å²) >= 11 is 0. The number of carbonyl (C=O) groups is 2. The van der Waals surface area contributed by atoms with E-state index in [0.717, 1.165) is 18.9 Å². The highest BCUT2D eigenvalue weighted by Gasteiger charge is 2.47. The number of hydrogen-bond donors (Lipinski definition) is 1. The van der Waals surface area contributed by atoms with E-state index in [1.54, 1.807) is 4.90 Å². The summed E-state index contributed by atoms with van der Waals surface area (Å²) in [5.74, 6) is -2.41. The first-order valence-electron chi connectivity index (χ1n) is 9.10. The van der Waals surface area contributed by atoms with E-state index in [-0.39, 0.29) is 30.3 Å². The smallest absolute Gasteiger partial charge is 0.317 e. The molecular formula is C19H24F2N2O3. The second kappa shape index (κ2) is 7.70. The Hall–Kier alpha value is -2.02. The second-order valence-corrected chi connectivity index (χ2v) is 7.13. The number of hydrogen-bond acceptors (Lipinski definition) is 3. The molecule has 26 heavy (non-hydrogen) atoms. The number of carboxylic acid groups (broad SMARTS) is 1. The number of aliphatic carboxylic acids is 1. The van der Waals surface area contributed by atoms with Gasteiger partial charge in [-0.15, -0.1) is 0 Å². The van der Waals surface area contributed by atoms with Crippen molar-refractivity contribution in [3.8, 4) is 0 Å². The molecule has 7 heteroatoms. The number of likely N-dealkylation sites (N-methyl/N-ethyl adjacent to an activating group) is 1. The van der Waals surface area contributed by atoms with Crippen molar-refractivity contribution in [3.05, 3.63) is 35.4 Å². The molecule has 142 valence electrons. The highest BCUT2D eigenvalue weighted by atomic mass is 19.1. The average molecular weight is 366 g/mol. The lowest BCUT2D eigenvalue weighted by Crippen LogP contribution is -2.48. The van der Waals surface area contributed by atoms with Gasteiger partial charge in [-0.05, 0) is 43.4 Å². The zero-order valence-electron chi connectivity index (χ0n) is 14.8. The van der Waals surface area contributed by atoms with Gasteiger partial charge in [-0.1, -0.05) is 13.0 Å². The molecule has 2 unspecified atom stereocenters. The third kappa shape index (κ3) is 4.03. The molecule has 1 aliphatic heterocycles. The molecule has 1 aromatic rings. The van der Waals surface area contributed by atoms with Crippen LogP contribution in [0.25, 0.3) is 0 Å². The molecule has 2 fully saturated rings. The predicted octanol–water partition coefficient (Wildman–Crippen LogP) is 2.47. The Bertz CT molecular complexity index is 689. The molecule has 1 saturated carbocycles. The van der Waals surface area contributed by atoms with Crippen molar-refractivity contribution >= 4 is 11.9 Å². The zero-order valence-corrected chi connectivity index (χ0v) is 14.8. The number of carboxylic acids is 1. The van der Waals surface area contributed by atoms with Gasteiger partial charge in [-0.25, -0.2) is 8.78 Å². The van der Waals surface area contributed by atoms with Crippen LogP contribution in [0.1, 0.15) is 37.7 Å². The van der Waals surface area contributed by atoms with Crippen LogP contribution in [0, 0.1) is 17.6 Å². The second-order valence-electron chi connectivity index (χ2n) is 7.13. The quantitative estimate of drug-likeness (QED) is 0.840. The van der Waals surface area contributed by atoms with E-state index < -0.39 is 17.6 Å². The molecule has 3 rings (SSSR count). The lowest BCUT2D eigenvalue weighted by Gasteiger charge is -2.37. The van der Waals surface area contributed by atoms with E-state index in [2.05, 4.69) is 0 Å². The molecule has 0 aromatic heterocycles. The van der Waals surface area contributed by atoms with Crippen LogP contribution in [-0.4, -0.2) is 59.0 Å². The van der Waals surface area contributed by atoms with Gasteiger partial charge < -0.3 is 10.0 Å². The molecule has 1 N–H and O–H groups in total. The van der Waals surface area contributed by atoms with Crippen LogP contribution in [0.5, 0.6) is 0 Å². The maximum absolute atomic E-state index is 13.9. The Morgan fingerprint density at radius 1 is 1.27 bits per heavy atom. The zero-order chi connectivity index (χ0) is 18.8. The van der Waals surface area contributed by atoms with Gasteiger partial charge >= 0.3 is 5.97 Å². The standard InChI is InChI=1S/C19H24F2N2O3/c1-2-22(11-18(24)25)13-5-7-23(8-6-13)19(26)16-10-15(16)14-4-3-12(20)9-17(14)21/h3-4,9,13,15-16H,2,5-8,10-11H2,1H3,(H,24,25). The number of piperidine rings is 1. The minimum atomic E-state index is -0.840. The van der Waals surface area contributed by atoms with Gasteiger partial charge in [-0.3, -0.25) is 14.5 Å². The first-order chi connectivity index (χ1) is 12.4. The SMILES string of the molecule is CCN(CC(=O)O)C1CCN(C(=O)C2CC2c2ccc(F)cc2F)CC1. The Balaban J connectivity index is 1.54. The van der Waals surface area contributed by atoms with E-state index in [9.17, 15) is 18.4 Å². The number of carbonyl (C=O) groups excluding carboxylic acids is 1. The van der Waals surface area contributed by atoms with Gasteiger partial charge in [0.25, 0.3) is 0 Å². The van der Waals surface area contributed by atoms with Gasteiger partial charge in [0.15, 0.2) is 0 Å². The molecule has 1 aromatic carbocycles. The van der Waals surface area contributed by atoms with Crippen LogP contribution in [0.4, 0.5) is 8.78 Å². The lowest BCUT2D eigenvalue weighted by molar-refractivity contribution is -0.140. The first kappa shape index (κ1) is 18.8. The number of benzene rings is 1. The summed E-state index contributed by atoms with van der Waals surface area (Å²) in [6, 6.07) is 3.69.